The van der Waals surface area contributed by atoms with Crippen molar-refractivity contribution < 1.29 is 29.0 Å². The average Bonchev–Trinajstić information content (AvgIpc) is 3.36. The van der Waals surface area contributed by atoms with Crippen molar-refractivity contribution in [3.63, 3.8) is 0 Å². The maximum Gasteiger partial charge on any atom is 0.330 e. The van der Waals surface area contributed by atoms with Crippen LogP contribution in [0.25, 0.3) is 0 Å². The summed E-state index contributed by atoms with van der Waals surface area (Å²) >= 11 is 0. The number of aliphatic hydroxyl groups excluding tert-OH is 1. The minimum absolute atomic E-state index is 0.0553. The fraction of sp³-hybridized carbons (Fsp3) is 0.583. The number of fused-ring (bicyclic) bond motifs is 1. The van der Waals surface area contributed by atoms with Crippen LogP contribution in [0.15, 0.2) is 30.3 Å². The molecule has 34 heavy (non-hydrogen) atoms. The van der Waals surface area contributed by atoms with Gasteiger partial charge in [-0.3, -0.25) is 14.4 Å². The predicted octanol–water partition coefficient (Wildman–Crippen LogP) is 1.92. The number of esters is 1. The summed E-state index contributed by atoms with van der Waals surface area (Å²) in [4.78, 5) is 55.7. The lowest BCUT2D eigenvalue weighted by atomic mass is 9.98. The molecular weight excluding hydrogens is 458 g/mol. The minimum Gasteiger partial charge on any atom is -0.459 e. The second-order valence-corrected chi connectivity index (χ2v) is 13.3. The van der Waals surface area contributed by atoms with Crippen molar-refractivity contribution in [2.75, 3.05) is 19.0 Å². The van der Waals surface area contributed by atoms with Gasteiger partial charge in [-0.15, -0.1) is 10.0 Å². The summed E-state index contributed by atoms with van der Waals surface area (Å²) in [5.74, 6) is -1.47. The Hall–Kier alpha value is -2.59. The van der Waals surface area contributed by atoms with Crippen molar-refractivity contribution >= 4 is 33.1 Å². The molecule has 0 saturated carbocycles. The zero-order valence-electron chi connectivity index (χ0n) is 19.9. The number of hydrogen-bond acceptors (Lipinski definition) is 6. The summed E-state index contributed by atoms with van der Waals surface area (Å²) in [5.41, 5.74) is 0.817. The highest BCUT2D eigenvalue weighted by Gasteiger charge is 2.72. The molecule has 1 aromatic rings. The van der Waals surface area contributed by atoms with Crippen molar-refractivity contribution in [2.45, 2.75) is 68.8 Å². The average molecular weight is 492 g/mol. The van der Waals surface area contributed by atoms with Gasteiger partial charge in [-0.05, 0) is 39.2 Å². The van der Waals surface area contributed by atoms with Crippen LogP contribution >= 0.6 is 10.0 Å². The van der Waals surface area contributed by atoms with E-state index in [9.17, 15) is 24.3 Å². The van der Waals surface area contributed by atoms with Crippen LogP contribution in [0.2, 0.25) is 0 Å². The highest BCUT2D eigenvalue weighted by molar-refractivity contribution is 8.46. The second-order valence-electron chi connectivity index (χ2n) is 9.49. The van der Waals surface area contributed by atoms with E-state index in [-0.39, 0.29) is 30.1 Å². The third-order valence-electron chi connectivity index (χ3n) is 7.39. The van der Waals surface area contributed by atoms with Gasteiger partial charge in [0.05, 0.1) is 17.7 Å². The Bertz CT molecular complexity index is 986. The monoisotopic (exact) mass is 491 g/mol. The van der Waals surface area contributed by atoms with E-state index in [0.29, 0.717) is 25.9 Å². The molecule has 3 heterocycles. The number of nitrogens with zero attached hydrogens (tertiary/aromatic N) is 2. The first-order chi connectivity index (χ1) is 16.2. The molecule has 4 rings (SSSR count). The minimum atomic E-state index is -2.61. The normalized spacial score (nSPS) is 31.3. The van der Waals surface area contributed by atoms with Gasteiger partial charge in [-0.25, -0.2) is 4.79 Å². The molecule has 3 amide bonds. The molecular formula is C24H33N3O6S. The molecule has 10 heteroatoms. The molecule has 0 radical (unpaired) electrons. The zero-order chi connectivity index (χ0) is 24.7. The van der Waals surface area contributed by atoms with E-state index in [1.807, 2.05) is 37.3 Å². The van der Waals surface area contributed by atoms with Crippen LogP contribution < -0.4 is 5.32 Å². The topological polar surface area (TPSA) is 116 Å². The van der Waals surface area contributed by atoms with E-state index in [2.05, 4.69) is 5.32 Å². The summed E-state index contributed by atoms with van der Waals surface area (Å²) in [6.45, 7) is 6.29. The lowest BCUT2D eigenvalue weighted by molar-refractivity contribution is -0.162. The van der Waals surface area contributed by atoms with Gasteiger partial charge in [0, 0.05) is 17.8 Å². The first-order valence-corrected chi connectivity index (χ1v) is 13.6. The van der Waals surface area contributed by atoms with Crippen molar-refractivity contribution in [2.24, 2.45) is 0 Å². The van der Waals surface area contributed by atoms with Crippen LogP contribution in [0.3, 0.4) is 0 Å². The molecule has 9 nitrogen and oxygen atoms in total. The second kappa shape index (κ2) is 9.22. The molecule has 2 N–H and O–H groups in total. The Morgan fingerprint density at radius 2 is 1.94 bits per heavy atom. The molecule has 3 fully saturated rings. The maximum absolute atomic E-state index is 14.1. The fourth-order valence-corrected chi connectivity index (χ4v) is 9.84. The molecule has 186 valence electrons. The van der Waals surface area contributed by atoms with E-state index < -0.39 is 44.1 Å². The number of aliphatic hydroxyl groups is 1. The molecule has 3 aliphatic rings. The standard InChI is InChI=1S/C24H33N3O6S/c1-4-25-21(30)17-11-8-12-26(17)23(32)34(15-28)19-13-18(29)27(19)20(24(34,2)3)22(31)33-14-16-9-6-5-7-10-16/h5-7,9-10,17,19-20,28H,4,8,11-15H2,1-3H3,(H,25,30)/t17-,19+,20-/m0/s1. The van der Waals surface area contributed by atoms with Crippen LogP contribution in [-0.4, -0.2) is 79.2 Å². The van der Waals surface area contributed by atoms with Crippen LogP contribution in [0.5, 0.6) is 0 Å². The highest BCUT2D eigenvalue weighted by atomic mass is 32.3. The number of rotatable bonds is 6. The quantitative estimate of drug-likeness (QED) is 0.464. The summed E-state index contributed by atoms with van der Waals surface area (Å²) in [6.07, 6.45) is 1.34. The van der Waals surface area contributed by atoms with Crippen molar-refractivity contribution in [1.82, 2.24) is 15.1 Å². The SMILES string of the molecule is CCNC(=O)[C@@H]1CCCN1C(=O)S1(CO)[C@@H]2CC(=O)N2[C@@H](C(=O)OCc2ccccc2)C1(C)C. The number of β-lactam (4-membered cyclic amide) rings is 1. The van der Waals surface area contributed by atoms with E-state index in [4.69, 9.17) is 4.74 Å². The van der Waals surface area contributed by atoms with Gasteiger partial charge in [0.25, 0.3) is 5.24 Å². The van der Waals surface area contributed by atoms with Gasteiger partial charge in [0.1, 0.15) is 18.7 Å². The number of hydrogen-bond donors (Lipinski definition) is 2. The van der Waals surface area contributed by atoms with E-state index in [1.54, 1.807) is 18.7 Å². The maximum atomic E-state index is 14.1. The fourth-order valence-electron chi connectivity index (χ4n) is 5.55. The summed E-state index contributed by atoms with van der Waals surface area (Å²) < 4.78 is 4.56. The molecule has 0 spiro atoms. The number of ether oxygens (including phenoxy) is 1. The Labute approximate surface area is 201 Å². The highest BCUT2D eigenvalue weighted by Crippen LogP contribution is 2.74. The molecule has 1 aromatic carbocycles. The Morgan fingerprint density at radius 1 is 1.24 bits per heavy atom. The third kappa shape index (κ3) is 3.58. The Balaban J connectivity index is 1.64. The smallest absolute Gasteiger partial charge is 0.330 e. The number of likely N-dealkylation sites (N-methyl/N-ethyl adjacent to an activating group) is 1. The third-order valence-corrected chi connectivity index (χ3v) is 12.1. The Morgan fingerprint density at radius 3 is 2.56 bits per heavy atom. The van der Waals surface area contributed by atoms with Crippen LogP contribution in [0.1, 0.15) is 45.6 Å². The number of likely N-dealkylation sites (tertiary alicyclic amines) is 1. The van der Waals surface area contributed by atoms with E-state index >= 15 is 0 Å². The predicted molar refractivity (Wildman–Crippen MR) is 128 cm³/mol. The molecule has 0 aliphatic carbocycles. The Kier molecular flexibility index (Phi) is 6.65. The molecule has 3 saturated heterocycles. The van der Waals surface area contributed by atoms with Gasteiger partial charge in [-0.2, -0.15) is 0 Å². The lowest BCUT2D eigenvalue weighted by Gasteiger charge is -2.51. The van der Waals surface area contributed by atoms with Gasteiger partial charge >= 0.3 is 5.97 Å². The molecule has 0 aromatic heterocycles. The summed E-state index contributed by atoms with van der Waals surface area (Å²) in [5, 5.41) is 12.7. The van der Waals surface area contributed by atoms with Crippen molar-refractivity contribution in [3.8, 4) is 0 Å². The van der Waals surface area contributed by atoms with E-state index in [0.717, 1.165) is 5.56 Å². The van der Waals surface area contributed by atoms with Crippen molar-refractivity contribution in [1.29, 1.82) is 0 Å². The van der Waals surface area contributed by atoms with Gasteiger partial charge in [0.15, 0.2) is 0 Å². The van der Waals surface area contributed by atoms with Gasteiger partial charge in [0.2, 0.25) is 11.8 Å². The number of nitrogens with one attached hydrogen (secondary N) is 1. The summed E-state index contributed by atoms with van der Waals surface area (Å²) in [6, 6.07) is 7.66. The molecule has 3 aliphatic heterocycles. The zero-order valence-corrected chi connectivity index (χ0v) is 20.7. The molecule has 4 atom stereocenters. The molecule has 0 bridgehead atoms. The van der Waals surface area contributed by atoms with Crippen LogP contribution in [0.4, 0.5) is 4.79 Å². The first-order valence-electron chi connectivity index (χ1n) is 11.7. The van der Waals surface area contributed by atoms with Crippen LogP contribution in [-0.2, 0) is 25.7 Å². The largest absolute Gasteiger partial charge is 0.459 e. The number of carbonyl (C=O) groups excluding carboxylic acids is 4. The van der Waals surface area contributed by atoms with Crippen molar-refractivity contribution in [3.05, 3.63) is 35.9 Å². The van der Waals surface area contributed by atoms with E-state index in [1.165, 1.54) is 4.90 Å². The lowest BCUT2D eigenvalue weighted by Crippen LogP contribution is -2.57. The first kappa shape index (κ1) is 24.5. The number of amides is 3. The number of benzene rings is 1. The van der Waals surface area contributed by atoms with Gasteiger partial charge in [-0.1, -0.05) is 30.3 Å². The summed E-state index contributed by atoms with van der Waals surface area (Å²) in [7, 11) is -2.61. The number of carbonyl (C=O) groups is 4. The molecule has 1 unspecified atom stereocenters. The van der Waals surface area contributed by atoms with Gasteiger partial charge < -0.3 is 25.0 Å². The van der Waals surface area contributed by atoms with Crippen LogP contribution in [0, 0.1) is 0 Å².